The van der Waals surface area contributed by atoms with Crippen LogP contribution in [0.5, 0.6) is 0 Å². The molecule has 0 saturated carbocycles. The number of likely N-dealkylation sites (tertiary alicyclic amines) is 1. The van der Waals surface area contributed by atoms with E-state index in [1.54, 1.807) is 25.8 Å². The summed E-state index contributed by atoms with van der Waals surface area (Å²) in [7, 11) is 1.55. The maximum absolute atomic E-state index is 12.2. The van der Waals surface area contributed by atoms with Gasteiger partial charge in [-0.05, 0) is 40.0 Å². The van der Waals surface area contributed by atoms with E-state index < -0.39 is 11.5 Å². The minimum absolute atomic E-state index is 0.190. The molecule has 5 heteroatoms. The van der Waals surface area contributed by atoms with Crippen molar-refractivity contribution >= 4 is 12.0 Å². The third-order valence-corrected chi connectivity index (χ3v) is 3.70. The number of carboxylic acids is 1. The van der Waals surface area contributed by atoms with Crippen LogP contribution in [0.25, 0.3) is 0 Å². The summed E-state index contributed by atoms with van der Waals surface area (Å²) >= 11 is 0. The molecule has 1 N–H and O–H groups in total. The van der Waals surface area contributed by atoms with Crippen LogP contribution in [0.2, 0.25) is 0 Å². The molecule has 98 valence electrons. The van der Waals surface area contributed by atoms with Crippen LogP contribution >= 0.6 is 0 Å². The molecular weight excluding hydrogens is 220 g/mol. The first kappa shape index (κ1) is 13.8. The van der Waals surface area contributed by atoms with E-state index in [1.807, 2.05) is 6.92 Å². The van der Waals surface area contributed by atoms with Crippen molar-refractivity contribution < 1.29 is 14.7 Å². The van der Waals surface area contributed by atoms with E-state index in [0.29, 0.717) is 0 Å². The van der Waals surface area contributed by atoms with Crippen LogP contribution < -0.4 is 0 Å². The highest BCUT2D eigenvalue weighted by Gasteiger charge is 2.38. The zero-order valence-corrected chi connectivity index (χ0v) is 11.1. The Bertz CT molecular complexity index is 315. The Hall–Kier alpha value is -1.26. The van der Waals surface area contributed by atoms with Gasteiger partial charge in [0.1, 0.15) is 5.54 Å². The lowest BCUT2D eigenvalue weighted by Crippen LogP contribution is -2.57. The molecule has 1 aliphatic rings. The van der Waals surface area contributed by atoms with Crippen LogP contribution in [-0.2, 0) is 4.79 Å². The predicted octanol–water partition coefficient (Wildman–Crippen LogP) is 1.78. The summed E-state index contributed by atoms with van der Waals surface area (Å²) < 4.78 is 0. The zero-order chi connectivity index (χ0) is 13.2. The highest BCUT2D eigenvalue weighted by molar-refractivity contribution is 5.85. The van der Waals surface area contributed by atoms with Gasteiger partial charge in [0.2, 0.25) is 0 Å². The van der Waals surface area contributed by atoms with Gasteiger partial charge in [-0.1, -0.05) is 0 Å². The van der Waals surface area contributed by atoms with Gasteiger partial charge in [0.25, 0.3) is 0 Å². The molecule has 1 fully saturated rings. The number of carbonyl (C=O) groups excluding carboxylic acids is 1. The lowest BCUT2D eigenvalue weighted by molar-refractivity contribution is -0.147. The molecule has 1 unspecified atom stereocenters. The summed E-state index contributed by atoms with van der Waals surface area (Å²) in [5.41, 5.74) is -1.17. The van der Waals surface area contributed by atoms with Gasteiger partial charge in [-0.25, -0.2) is 9.59 Å². The van der Waals surface area contributed by atoms with E-state index in [0.717, 1.165) is 25.8 Å². The lowest BCUT2D eigenvalue weighted by atomic mass is 10.0. The third kappa shape index (κ3) is 2.70. The number of urea groups is 1. The van der Waals surface area contributed by atoms with E-state index in [-0.39, 0.29) is 12.1 Å². The molecule has 2 amide bonds. The monoisotopic (exact) mass is 242 g/mol. The largest absolute Gasteiger partial charge is 0.480 e. The van der Waals surface area contributed by atoms with Crippen LogP contribution in [0.4, 0.5) is 4.79 Å². The van der Waals surface area contributed by atoms with E-state index >= 15 is 0 Å². The van der Waals surface area contributed by atoms with Crippen molar-refractivity contribution in [3.63, 3.8) is 0 Å². The van der Waals surface area contributed by atoms with E-state index in [9.17, 15) is 9.59 Å². The molecule has 1 rings (SSSR count). The van der Waals surface area contributed by atoms with Gasteiger partial charge in [0.15, 0.2) is 0 Å². The van der Waals surface area contributed by atoms with Crippen molar-refractivity contribution in [2.75, 3.05) is 13.6 Å². The van der Waals surface area contributed by atoms with Gasteiger partial charge in [-0.2, -0.15) is 0 Å². The van der Waals surface area contributed by atoms with Crippen molar-refractivity contribution in [2.45, 2.75) is 51.6 Å². The molecule has 0 aromatic rings. The number of carboxylic acid groups (broad SMARTS) is 1. The Morgan fingerprint density at radius 2 is 1.94 bits per heavy atom. The molecule has 1 saturated heterocycles. The van der Waals surface area contributed by atoms with Crippen molar-refractivity contribution in [3.8, 4) is 0 Å². The topological polar surface area (TPSA) is 60.9 Å². The minimum atomic E-state index is -1.17. The van der Waals surface area contributed by atoms with Gasteiger partial charge in [-0.15, -0.1) is 0 Å². The van der Waals surface area contributed by atoms with Gasteiger partial charge < -0.3 is 14.9 Å². The molecule has 17 heavy (non-hydrogen) atoms. The summed E-state index contributed by atoms with van der Waals surface area (Å²) in [4.78, 5) is 26.5. The van der Waals surface area contributed by atoms with E-state index in [1.165, 1.54) is 4.90 Å². The average Bonchev–Trinajstić information content (AvgIpc) is 2.27. The summed E-state index contributed by atoms with van der Waals surface area (Å²) in [6.07, 6.45) is 3.13. The second-order valence-corrected chi connectivity index (χ2v) is 5.24. The number of piperidine rings is 1. The predicted molar refractivity (Wildman–Crippen MR) is 64.9 cm³/mol. The third-order valence-electron chi connectivity index (χ3n) is 3.70. The molecular formula is C12H22N2O3. The first-order valence-corrected chi connectivity index (χ1v) is 6.06. The van der Waals surface area contributed by atoms with Crippen LogP contribution in [-0.4, -0.2) is 52.1 Å². The number of nitrogens with zero attached hydrogens (tertiary/aromatic N) is 2. The molecule has 1 heterocycles. The standard InChI is InChI=1S/C12H22N2O3/c1-9-7-5-6-8-14(9)11(17)13(4)12(2,3)10(15)16/h9H,5-8H2,1-4H3,(H,15,16). The molecule has 0 aliphatic carbocycles. The molecule has 0 aromatic heterocycles. The fraction of sp³-hybridized carbons (Fsp3) is 0.833. The van der Waals surface area contributed by atoms with Gasteiger partial charge in [-0.3, -0.25) is 0 Å². The van der Waals surface area contributed by atoms with Crippen LogP contribution in [0.1, 0.15) is 40.0 Å². The highest BCUT2D eigenvalue weighted by atomic mass is 16.4. The fourth-order valence-corrected chi connectivity index (χ4v) is 1.96. The molecule has 1 aliphatic heterocycles. The number of hydrogen-bond donors (Lipinski definition) is 1. The Kier molecular flexibility index (Phi) is 4.01. The van der Waals surface area contributed by atoms with Crippen molar-refractivity contribution in [1.29, 1.82) is 0 Å². The van der Waals surface area contributed by atoms with E-state index in [2.05, 4.69) is 0 Å². The highest BCUT2D eigenvalue weighted by Crippen LogP contribution is 2.21. The number of carbonyl (C=O) groups is 2. The number of hydrogen-bond acceptors (Lipinski definition) is 2. The molecule has 0 bridgehead atoms. The van der Waals surface area contributed by atoms with Crippen LogP contribution in [0.15, 0.2) is 0 Å². The molecule has 0 aromatic carbocycles. The molecule has 0 radical (unpaired) electrons. The average molecular weight is 242 g/mol. The first-order valence-electron chi connectivity index (χ1n) is 6.06. The Morgan fingerprint density at radius 3 is 2.41 bits per heavy atom. The molecule has 0 spiro atoms. The zero-order valence-electron chi connectivity index (χ0n) is 11.1. The minimum Gasteiger partial charge on any atom is -0.480 e. The van der Waals surface area contributed by atoms with Gasteiger partial charge in [0.05, 0.1) is 0 Å². The number of rotatable bonds is 2. The maximum atomic E-state index is 12.2. The maximum Gasteiger partial charge on any atom is 0.329 e. The second-order valence-electron chi connectivity index (χ2n) is 5.24. The van der Waals surface area contributed by atoms with Gasteiger partial charge >= 0.3 is 12.0 Å². The SMILES string of the molecule is CC1CCCCN1C(=O)N(C)C(C)(C)C(=O)O. The van der Waals surface area contributed by atoms with Crippen LogP contribution in [0, 0.1) is 0 Å². The Balaban J connectivity index is 2.78. The number of likely N-dealkylation sites (N-methyl/N-ethyl adjacent to an activating group) is 1. The molecule has 1 atom stereocenters. The van der Waals surface area contributed by atoms with Crippen molar-refractivity contribution in [3.05, 3.63) is 0 Å². The summed E-state index contributed by atoms with van der Waals surface area (Å²) in [6, 6.07) is 0.00731. The lowest BCUT2D eigenvalue weighted by Gasteiger charge is -2.40. The van der Waals surface area contributed by atoms with Crippen molar-refractivity contribution in [1.82, 2.24) is 9.80 Å². The fourth-order valence-electron chi connectivity index (χ4n) is 1.96. The normalized spacial score (nSPS) is 21.2. The Labute approximate surface area is 102 Å². The van der Waals surface area contributed by atoms with Crippen LogP contribution in [0.3, 0.4) is 0 Å². The first-order chi connectivity index (χ1) is 7.78. The summed E-state index contributed by atoms with van der Waals surface area (Å²) in [5.74, 6) is -0.988. The van der Waals surface area contributed by atoms with E-state index in [4.69, 9.17) is 5.11 Å². The van der Waals surface area contributed by atoms with Gasteiger partial charge in [0, 0.05) is 19.6 Å². The smallest absolute Gasteiger partial charge is 0.329 e. The second kappa shape index (κ2) is 4.94. The summed E-state index contributed by atoms with van der Waals surface area (Å²) in [6.45, 7) is 5.82. The molecule has 5 nitrogen and oxygen atoms in total. The van der Waals surface area contributed by atoms with Crippen molar-refractivity contribution in [2.24, 2.45) is 0 Å². The summed E-state index contributed by atoms with van der Waals surface area (Å²) in [5, 5.41) is 9.11. The quantitative estimate of drug-likeness (QED) is 0.802. The Morgan fingerprint density at radius 1 is 1.35 bits per heavy atom. The number of aliphatic carboxylic acids is 1. The number of amides is 2.